The van der Waals surface area contributed by atoms with Crippen molar-refractivity contribution in [3.8, 4) is 6.07 Å². The van der Waals surface area contributed by atoms with Gasteiger partial charge in [-0.3, -0.25) is 9.59 Å². The maximum absolute atomic E-state index is 11.7. The number of rotatable bonds is 6. The molecule has 1 N–H and O–H groups in total. The fourth-order valence-electron chi connectivity index (χ4n) is 2.55. The van der Waals surface area contributed by atoms with Gasteiger partial charge < -0.3 is 10.1 Å². The molecule has 2 aliphatic rings. The fourth-order valence-corrected chi connectivity index (χ4v) is 2.55. The maximum atomic E-state index is 11.7. The first-order valence-electron chi connectivity index (χ1n) is 7.57. The second-order valence-corrected chi connectivity index (χ2v) is 5.72. The molecule has 0 aromatic heterocycles. The third-order valence-corrected chi connectivity index (χ3v) is 3.96. The molecule has 0 radical (unpaired) electrons. The van der Waals surface area contributed by atoms with Crippen molar-refractivity contribution in [2.75, 3.05) is 6.54 Å². The van der Waals surface area contributed by atoms with Gasteiger partial charge in [0.25, 0.3) is 0 Å². The lowest BCUT2D eigenvalue weighted by molar-refractivity contribution is -0.152. The van der Waals surface area contributed by atoms with Crippen molar-refractivity contribution in [1.82, 2.24) is 5.32 Å². The van der Waals surface area contributed by atoms with Crippen molar-refractivity contribution in [2.24, 2.45) is 11.8 Å². The molecule has 110 valence electrons. The minimum atomic E-state index is -0.252. The average Bonchev–Trinajstić information content (AvgIpc) is 3.28. The highest BCUT2D eigenvalue weighted by Crippen LogP contribution is 2.28. The van der Waals surface area contributed by atoms with Crippen LogP contribution in [0.2, 0.25) is 0 Å². The quantitative estimate of drug-likeness (QED) is 0.594. The van der Waals surface area contributed by atoms with E-state index >= 15 is 0 Å². The Morgan fingerprint density at radius 1 is 1.20 bits per heavy atom. The highest BCUT2D eigenvalue weighted by Gasteiger charge is 2.29. The summed E-state index contributed by atoms with van der Waals surface area (Å²) in [5, 5.41) is 11.8. The van der Waals surface area contributed by atoms with E-state index in [9.17, 15) is 9.59 Å². The Hall–Kier alpha value is -1.57. The number of ether oxygens (including phenoxy) is 1. The Kier molecular flexibility index (Phi) is 5.40. The first kappa shape index (κ1) is 14.8. The van der Waals surface area contributed by atoms with Crippen LogP contribution < -0.4 is 5.32 Å². The van der Waals surface area contributed by atoms with Crippen LogP contribution in [0.1, 0.15) is 51.4 Å². The summed E-state index contributed by atoms with van der Waals surface area (Å²) in [6.45, 7) is 0.525. The van der Waals surface area contributed by atoms with Crippen LogP contribution in [-0.2, 0) is 14.3 Å². The van der Waals surface area contributed by atoms with Crippen molar-refractivity contribution in [3.63, 3.8) is 0 Å². The summed E-state index contributed by atoms with van der Waals surface area (Å²) >= 11 is 0. The lowest BCUT2D eigenvalue weighted by Gasteiger charge is -2.26. The van der Waals surface area contributed by atoms with Crippen molar-refractivity contribution >= 4 is 11.9 Å². The third kappa shape index (κ3) is 4.52. The Balaban J connectivity index is 1.59. The van der Waals surface area contributed by atoms with E-state index in [1.54, 1.807) is 0 Å². The van der Waals surface area contributed by atoms with E-state index in [-0.39, 0.29) is 29.8 Å². The zero-order chi connectivity index (χ0) is 14.4. The van der Waals surface area contributed by atoms with Gasteiger partial charge in [0.05, 0.1) is 12.0 Å². The molecule has 2 rings (SSSR count). The van der Waals surface area contributed by atoms with Gasteiger partial charge in [-0.05, 0) is 38.5 Å². The molecule has 1 amide bonds. The molecule has 0 heterocycles. The van der Waals surface area contributed by atoms with Crippen molar-refractivity contribution in [3.05, 3.63) is 0 Å². The predicted molar refractivity (Wildman–Crippen MR) is 72.4 cm³/mol. The maximum Gasteiger partial charge on any atom is 0.306 e. The lowest BCUT2D eigenvalue weighted by Crippen LogP contribution is -2.30. The van der Waals surface area contributed by atoms with E-state index < -0.39 is 0 Å². The first-order chi connectivity index (χ1) is 9.70. The Morgan fingerprint density at radius 3 is 2.65 bits per heavy atom. The summed E-state index contributed by atoms with van der Waals surface area (Å²) in [4.78, 5) is 23.1. The van der Waals surface area contributed by atoms with Crippen LogP contribution in [0.4, 0.5) is 0 Å². The number of hydrogen-bond acceptors (Lipinski definition) is 4. The van der Waals surface area contributed by atoms with Gasteiger partial charge in [-0.25, -0.2) is 0 Å². The van der Waals surface area contributed by atoms with E-state index in [0.29, 0.717) is 19.4 Å². The van der Waals surface area contributed by atoms with E-state index in [1.165, 1.54) is 0 Å². The molecule has 20 heavy (non-hydrogen) atoms. The summed E-state index contributed by atoms with van der Waals surface area (Å²) < 4.78 is 5.39. The number of nitrogens with zero attached hydrogens (tertiary/aromatic N) is 1. The summed E-state index contributed by atoms with van der Waals surface area (Å²) in [6, 6.07) is 2.23. The lowest BCUT2D eigenvalue weighted by atomic mass is 9.87. The van der Waals surface area contributed by atoms with E-state index in [4.69, 9.17) is 10.00 Å². The zero-order valence-corrected chi connectivity index (χ0v) is 11.8. The molecular weight excluding hydrogens is 256 g/mol. The van der Waals surface area contributed by atoms with E-state index in [2.05, 4.69) is 11.4 Å². The topological polar surface area (TPSA) is 79.2 Å². The molecule has 2 fully saturated rings. The monoisotopic (exact) mass is 278 g/mol. The molecule has 2 saturated carbocycles. The van der Waals surface area contributed by atoms with Gasteiger partial charge >= 0.3 is 5.97 Å². The zero-order valence-electron chi connectivity index (χ0n) is 11.8. The number of amides is 1. The minimum absolute atomic E-state index is 0.107. The molecule has 2 aliphatic carbocycles. The van der Waals surface area contributed by atoms with Crippen LogP contribution in [0.3, 0.4) is 0 Å². The molecule has 5 nitrogen and oxygen atoms in total. The molecular formula is C15H22N2O3. The number of nitrogens with one attached hydrogen (secondary N) is 1. The third-order valence-electron chi connectivity index (χ3n) is 3.96. The summed E-state index contributed by atoms with van der Waals surface area (Å²) in [5.74, 6) is -0.0872. The van der Waals surface area contributed by atoms with Gasteiger partial charge in [0.2, 0.25) is 5.91 Å². The van der Waals surface area contributed by atoms with Crippen LogP contribution in [0.15, 0.2) is 0 Å². The van der Waals surface area contributed by atoms with E-state index in [1.807, 2.05) is 0 Å². The number of carbonyl (C=O) groups is 2. The Bertz CT molecular complexity index is 398. The van der Waals surface area contributed by atoms with Gasteiger partial charge in [-0.1, -0.05) is 6.42 Å². The highest BCUT2D eigenvalue weighted by atomic mass is 16.5. The fraction of sp³-hybridized carbons (Fsp3) is 0.800. The normalized spacial score (nSPS) is 25.6. The number of nitriles is 1. The second kappa shape index (κ2) is 7.28. The van der Waals surface area contributed by atoms with Crippen molar-refractivity contribution < 1.29 is 14.3 Å². The van der Waals surface area contributed by atoms with Crippen LogP contribution in [0.25, 0.3) is 0 Å². The summed E-state index contributed by atoms with van der Waals surface area (Å²) in [6.07, 6.45) is 6.33. The van der Waals surface area contributed by atoms with Crippen LogP contribution in [0, 0.1) is 23.2 Å². The van der Waals surface area contributed by atoms with Crippen molar-refractivity contribution in [2.45, 2.75) is 57.5 Å². The molecule has 2 atom stereocenters. The molecule has 0 aromatic rings. The Labute approximate surface area is 119 Å². The van der Waals surface area contributed by atoms with E-state index in [0.717, 1.165) is 38.5 Å². The van der Waals surface area contributed by atoms with Gasteiger partial charge in [0, 0.05) is 18.9 Å². The molecule has 0 aliphatic heterocycles. The molecule has 0 saturated heterocycles. The SMILES string of the molecule is N#C[C@@H]1CCCC[C@H]1OC(=O)CCCNC(=O)C1CC1. The summed E-state index contributed by atoms with van der Waals surface area (Å²) in [7, 11) is 0. The van der Waals surface area contributed by atoms with Crippen molar-refractivity contribution in [1.29, 1.82) is 5.26 Å². The smallest absolute Gasteiger partial charge is 0.306 e. The van der Waals surface area contributed by atoms with Crippen LogP contribution >= 0.6 is 0 Å². The second-order valence-electron chi connectivity index (χ2n) is 5.72. The van der Waals surface area contributed by atoms with Gasteiger partial charge in [0.1, 0.15) is 6.10 Å². The average molecular weight is 278 g/mol. The predicted octanol–water partition coefficient (Wildman–Crippen LogP) is 1.92. The highest BCUT2D eigenvalue weighted by molar-refractivity contribution is 5.80. The summed E-state index contributed by atoms with van der Waals surface area (Å²) in [5.41, 5.74) is 0. The number of esters is 1. The number of hydrogen-bond donors (Lipinski definition) is 1. The van der Waals surface area contributed by atoms with Crippen LogP contribution in [-0.4, -0.2) is 24.5 Å². The van der Waals surface area contributed by atoms with Crippen LogP contribution in [0.5, 0.6) is 0 Å². The van der Waals surface area contributed by atoms with Gasteiger partial charge in [0.15, 0.2) is 0 Å². The first-order valence-corrected chi connectivity index (χ1v) is 7.57. The van der Waals surface area contributed by atoms with Gasteiger partial charge in [-0.15, -0.1) is 0 Å². The largest absolute Gasteiger partial charge is 0.461 e. The minimum Gasteiger partial charge on any atom is -0.461 e. The molecule has 0 spiro atoms. The molecule has 0 aromatic carbocycles. The van der Waals surface area contributed by atoms with Gasteiger partial charge in [-0.2, -0.15) is 5.26 Å². The molecule has 0 bridgehead atoms. The Morgan fingerprint density at radius 2 is 1.95 bits per heavy atom. The standard InChI is InChI=1S/C15H22N2O3/c16-10-12-4-1-2-5-13(12)20-14(18)6-3-9-17-15(19)11-7-8-11/h11-13H,1-9H2,(H,17,19)/t12-,13+/m0/s1. The molecule has 5 heteroatoms. The number of carbonyl (C=O) groups excluding carboxylic acids is 2. The molecule has 0 unspecified atom stereocenters.